The van der Waals surface area contributed by atoms with Gasteiger partial charge in [-0.2, -0.15) is 5.10 Å². The first-order valence-corrected chi connectivity index (χ1v) is 5.61. The number of halogens is 1. The fourth-order valence-corrected chi connectivity index (χ4v) is 1.83. The van der Waals surface area contributed by atoms with E-state index in [9.17, 15) is 0 Å². The van der Waals surface area contributed by atoms with E-state index in [0.29, 0.717) is 5.22 Å². The van der Waals surface area contributed by atoms with Crippen LogP contribution in [-0.4, -0.2) is 9.78 Å². The molecule has 0 radical (unpaired) electrons. The van der Waals surface area contributed by atoms with Gasteiger partial charge in [-0.15, -0.1) is 0 Å². The summed E-state index contributed by atoms with van der Waals surface area (Å²) in [5, 5.41) is 4.57. The Hall–Kier alpha value is -1.26. The fourth-order valence-electron chi connectivity index (χ4n) is 1.60. The molecule has 0 spiro atoms. The number of aromatic nitrogens is 2. The van der Waals surface area contributed by atoms with Crippen LogP contribution in [0, 0.1) is 0 Å². The number of nitrogens with zero attached hydrogens (tertiary/aromatic N) is 2. The zero-order chi connectivity index (χ0) is 11.5. The van der Waals surface area contributed by atoms with E-state index >= 15 is 0 Å². The van der Waals surface area contributed by atoms with Crippen molar-refractivity contribution in [2.45, 2.75) is 25.9 Å². The zero-order valence-corrected chi connectivity index (χ0v) is 9.81. The van der Waals surface area contributed by atoms with Crippen molar-refractivity contribution in [2.24, 2.45) is 5.73 Å². The predicted octanol–water partition coefficient (Wildman–Crippen LogP) is 2.59. The summed E-state index contributed by atoms with van der Waals surface area (Å²) >= 11 is 5.88. The largest absolute Gasteiger partial charge is 0.453 e. The summed E-state index contributed by atoms with van der Waals surface area (Å²) in [4.78, 5) is 0. The van der Waals surface area contributed by atoms with Gasteiger partial charge >= 0.3 is 0 Å². The van der Waals surface area contributed by atoms with E-state index in [1.165, 1.54) is 6.26 Å². The molecule has 0 fully saturated rings. The second-order valence-corrected chi connectivity index (χ2v) is 4.01. The molecule has 2 rings (SSSR count). The molecule has 5 heteroatoms. The topological polar surface area (TPSA) is 57.0 Å². The Kier molecular flexibility index (Phi) is 3.31. The van der Waals surface area contributed by atoms with Crippen LogP contribution in [0.5, 0.6) is 0 Å². The summed E-state index contributed by atoms with van der Waals surface area (Å²) in [6, 6.07) is 1.50. The van der Waals surface area contributed by atoms with Gasteiger partial charge in [0, 0.05) is 23.9 Å². The molecule has 2 N–H and O–H groups in total. The molecule has 16 heavy (non-hydrogen) atoms. The quantitative estimate of drug-likeness (QED) is 0.892. The molecule has 0 saturated heterocycles. The van der Waals surface area contributed by atoms with E-state index in [1.54, 1.807) is 12.3 Å². The molecule has 86 valence electrons. The van der Waals surface area contributed by atoms with Crippen molar-refractivity contribution in [3.63, 3.8) is 0 Å². The highest BCUT2D eigenvalue weighted by molar-refractivity contribution is 6.29. The normalized spacial score (nSPS) is 12.9. The van der Waals surface area contributed by atoms with Gasteiger partial charge in [-0.1, -0.05) is 6.92 Å². The molecule has 0 aromatic carbocycles. The number of furan rings is 1. The lowest BCUT2D eigenvalue weighted by molar-refractivity contribution is 0.564. The van der Waals surface area contributed by atoms with Crippen molar-refractivity contribution in [1.29, 1.82) is 0 Å². The van der Waals surface area contributed by atoms with E-state index in [1.807, 2.05) is 10.9 Å². The van der Waals surface area contributed by atoms with Crippen LogP contribution in [0.4, 0.5) is 0 Å². The van der Waals surface area contributed by atoms with Crippen molar-refractivity contribution < 1.29 is 4.42 Å². The number of nitrogens with two attached hydrogens (primary N) is 1. The van der Waals surface area contributed by atoms with Crippen LogP contribution in [-0.2, 0) is 6.54 Å². The van der Waals surface area contributed by atoms with Crippen molar-refractivity contribution in [3.8, 4) is 0 Å². The van der Waals surface area contributed by atoms with Crippen LogP contribution < -0.4 is 5.73 Å². The molecule has 0 aliphatic carbocycles. The second-order valence-electron chi connectivity index (χ2n) is 3.66. The average molecular weight is 240 g/mol. The third-order valence-electron chi connectivity index (χ3n) is 2.45. The minimum absolute atomic E-state index is 0.281. The maximum absolute atomic E-state index is 6.07. The lowest BCUT2D eigenvalue weighted by Gasteiger charge is -2.06. The Morgan fingerprint density at radius 1 is 1.62 bits per heavy atom. The number of hydrogen-bond donors (Lipinski definition) is 1. The number of rotatable bonds is 4. The zero-order valence-electron chi connectivity index (χ0n) is 9.06. The van der Waals surface area contributed by atoms with Crippen LogP contribution >= 0.6 is 11.6 Å². The standard InChI is InChI=1S/C11H14ClN3O/c1-2-4-15-7-8(6-14-15)10(13)9-3-5-16-11(9)12/h3,5-7,10H,2,4,13H2,1H3. The number of hydrogen-bond acceptors (Lipinski definition) is 3. The van der Waals surface area contributed by atoms with Gasteiger partial charge < -0.3 is 10.2 Å². The maximum Gasteiger partial charge on any atom is 0.198 e. The summed E-state index contributed by atoms with van der Waals surface area (Å²) < 4.78 is 6.90. The Balaban J connectivity index is 2.20. The third kappa shape index (κ3) is 2.13. The smallest absolute Gasteiger partial charge is 0.198 e. The molecule has 2 heterocycles. The summed E-state index contributed by atoms with van der Waals surface area (Å²) in [6.45, 7) is 3.00. The van der Waals surface area contributed by atoms with E-state index < -0.39 is 0 Å². The van der Waals surface area contributed by atoms with Gasteiger partial charge in [0.25, 0.3) is 0 Å². The highest BCUT2D eigenvalue weighted by Crippen LogP contribution is 2.26. The van der Waals surface area contributed by atoms with Crippen LogP contribution in [0.25, 0.3) is 0 Å². The first-order valence-electron chi connectivity index (χ1n) is 5.23. The Labute approximate surface area is 99.0 Å². The van der Waals surface area contributed by atoms with Gasteiger partial charge in [-0.05, 0) is 24.1 Å². The highest BCUT2D eigenvalue weighted by Gasteiger charge is 2.16. The monoisotopic (exact) mass is 239 g/mol. The van der Waals surface area contributed by atoms with Crippen LogP contribution in [0.15, 0.2) is 29.1 Å². The molecular weight excluding hydrogens is 226 g/mol. The van der Waals surface area contributed by atoms with Gasteiger partial charge in [-0.3, -0.25) is 4.68 Å². The summed E-state index contributed by atoms with van der Waals surface area (Å²) in [5.41, 5.74) is 7.80. The molecule has 1 atom stereocenters. The molecule has 0 aliphatic heterocycles. The lowest BCUT2D eigenvalue weighted by atomic mass is 10.1. The van der Waals surface area contributed by atoms with Gasteiger partial charge in [0.15, 0.2) is 5.22 Å². The Morgan fingerprint density at radius 2 is 2.44 bits per heavy atom. The average Bonchev–Trinajstić information content (AvgIpc) is 2.87. The summed E-state index contributed by atoms with van der Waals surface area (Å²) in [6.07, 6.45) is 6.29. The molecule has 0 saturated carbocycles. The Morgan fingerprint density at radius 3 is 3.06 bits per heavy atom. The second kappa shape index (κ2) is 4.72. The molecule has 2 aromatic heterocycles. The molecule has 0 aliphatic rings. The van der Waals surface area contributed by atoms with E-state index in [0.717, 1.165) is 24.1 Å². The predicted molar refractivity (Wildman–Crippen MR) is 62.3 cm³/mol. The van der Waals surface area contributed by atoms with E-state index in [-0.39, 0.29) is 6.04 Å². The minimum atomic E-state index is -0.281. The molecule has 2 aromatic rings. The van der Waals surface area contributed by atoms with Crippen molar-refractivity contribution in [3.05, 3.63) is 41.1 Å². The first kappa shape index (κ1) is 11.2. The van der Waals surface area contributed by atoms with Crippen LogP contribution in [0.3, 0.4) is 0 Å². The maximum atomic E-state index is 6.07. The fraction of sp³-hybridized carbons (Fsp3) is 0.364. The van der Waals surface area contributed by atoms with Gasteiger partial charge in [0.1, 0.15) is 0 Å². The molecule has 4 nitrogen and oxygen atoms in total. The summed E-state index contributed by atoms with van der Waals surface area (Å²) in [5.74, 6) is 0. The van der Waals surface area contributed by atoms with Gasteiger partial charge in [0.05, 0.1) is 18.5 Å². The highest BCUT2D eigenvalue weighted by atomic mass is 35.5. The Bertz CT molecular complexity index is 463. The molecule has 0 bridgehead atoms. The van der Waals surface area contributed by atoms with Crippen LogP contribution in [0.2, 0.25) is 5.22 Å². The molecular formula is C11H14ClN3O. The number of aryl methyl sites for hydroxylation is 1. The molecule has 1 unspecified atom stereocenters. The van der Waals surface area contributed by atoms with Crippen LogP contribution in [0.1, 0.15) is 30.5 Å². The third-order valence-corrected chi connectivity index (χ3v) is 2.75. The first-order chi connectivity index (χ1) is 7.72. The lowest BCUT2D eigenvalue weighted by Crippen LogP contribution is -2.10. The van der Waals surface area contributed by atoms with Gasteiger partial charge in [-0.25, -0.2) is 0 Å². The van der Waals surface area contributed by atoms with Crippen molar-refractivity contribution in [2.75, 3.05) is 0 Å². The molecule has 0 amide bonds. The SMILES string of the molecule is CCCn1cc(C(N)c2ccoc2Cl)cn1. The van der Waals surface area contributed by atoms with E-state index in [2.05, 4.69) is 12.0 Å². The van der Waals surface area contributed by atoms with Crippen molar-refractivity contribution >= 4 is 11.6 Å². The van der Waals surface area contributed by atoms with E-state index in [4.69, 9.17) is 21.8 Å². The van der Waals surface area contributed by atoms with Crippen molar-refractivity contribution in [1.82, 2.24) is 9.78 Å². The minimum Gasteiger partial charge on any atom is -0.453 e. The summed E-state index contributed by atoms with van der Waals surface area (Å²) in [7, 11) is 0. The van der Waals surface area contributed by atoms with Gasteiger partial charge in [0.2, 0.25) is 0 Å².